The zero-order valence-electron chi connectivity index (χ0n) is 19.6. The van der Waals surface area contributed by atoms with Crippen molar-refractivity contribution >= 4 is 56.5 Å². The number of nitrogens with zero attached hydrogens (tertiary/aromatic N) is 2. The van der Waals surface area contributed by atoms with Crippen LogP contribution in [0.2, 0.25) is 0 Å². The van der Waals surface area contributed by atoms with Gasteiger partial charge in [0.1, 0.15) is 0 Å². The summed E-state index contributed by atoms with van der Waals surface area (Å²) in [7, 11) is 1.58. The van der Waals surface area contributed by atoms with Crippen molar-refractivity contribution < 1.29 is 23.8 Å². The predicted molar refractivity (Wildman–Crippen MR) is 139 cm³/mol. The number of hydrogen-bond donors (Lipinski definition) is 0. The van der Waals surface area contributed by atoms with Crippen LogP contribution in [0.25, 0.3) is 6.08 Å². The average Bonchev–Trinajstić information content (AvgIpc) is 3.11. The number of aliphatic imine (C=N–C) groups is 1. The smallest absolute Gasteiger partial charge is 0.338 e. The third kappa shape index (κ3) is 6.01. The number of benzene rings is 2. The fourth-order valence-corrected chi connectivity index (χ4v) is 4.85. The molecule has 1 fully saturated rings. The molecule has 34 heavy (non-hydrogen) atoms. The lowest BCUT2D eigenvalue weighted by Gasteiger charge is -2.13. The van der Waals surface area contributed by atoms with Crippen LogP contribution in [0.3, 0.4) is 0 Å². The number of esters is 1. The number of thioether (sulfide) groups is 1. The minimum Gasteiger partial charge on any atom is -0.493 e. The Morgan fingerprint density at radius 3 is 2.68 bits per heavy atom. The van der Waals surface area contributed by atoms with Crippen LogP contribution in [0, 0.1) is 0 Å². The number of hydrogen-bond acceptors (Lipinski definition) is 7. The number of ether oxygens (including phenoxy) is 3. The van der Waals surface area contributed by atoms with Crippen LogP contribution in [0.15, 0.2) is 50.8 Å². The van der Waals surface area contributed by atoms with Crippen molar-refractivity contribution in [3.63, 3.8) is 0 Å². The molecule has 1 saturated heterocycles. The molecule has 0 N–H and O–H groups in total. The largest absolute Gasteiger partial charge is 0.493 e. The zero-order valence-corrected chi connectivity index (χ0v) is 22.0. The monoisotopic (exact) mass is 546 g/mol. The highest BCUT2D eigenvalue weighted by Gasteiger charge is 2.32. The van der Waals surface area contributed by atoms with E-state index in [9.17, 15) is 9.59 Å². The van der Waals surface area contributed by atoms with Gasteiger partial charge in [-0.1, -0.05) is 13.0 Å². The van der Waals surface area contributed by atoms with Gasteiger partial charge in [-0.3, -0.25) is 9.69 Å². The van der Waals surface area contributed by atoms with Crippen LogP contribution in [0.5, 0.6) is 11.5 Å². The summed E-state index contributed by atoms with van der Waals surface area (Å²) in [6, 6.07) is 10.6. The van der Waals surface area contributed by atoms with E-state index in [0.717, 1.165) is 16.5 Å². The molecule has 3 rings (SSSR count). The summed E-state index contributed by atoms with van der Waals surface area (Å²) in [5.74, 6) is 0.686. The van der Waals surface area contributed by atoms with Gasteiger partial charge in [-0.2, -0.15) is 0 Å². The van der Waals surface area contributed by atoms with E-state index in [4.69, 9.17) is 14.2 Å². The lowest BCUT2D eigenvalue weighted by molar-refractivity contribution is -0.122. The van der Waals surface area contributed by atoms with Crippen molar-refractivity contribution in [1.82, 2.24) is 4.90 Å². The summed E-state index contributed by atoms with van der Waals surface area (Å²) in [6.45, 7) is 7.03. The van der Waals surface area contributed by atoms with E-state index in [1.165, 1.54) is 11.8 Å². The first kappa shape index (κ1) is 25.8. The molecule has 1 aliphatic heterocycles. The van der Waals surface area contributed by atoms with Gasteiger partial charge in [-0.05, 0) is 89.9 Å². The Balaban J connectivity index is 1.92. The summed E-state index contributed by atoms with van der Waals surface area (Å²) >= 11 is 4.83. The standard InChI is InChI=1S/C25H27BrN2O5S/c1-5-11-33-22-19(26)12-16(13-20(22)31-4)14-21-23(29)28(6-2)25(34-21)27-18-10-8-9-17(15-18)24(30)32-7-3/h8-10,12-15H,5-7,11H2,1-4H3. The second kappa shape index (κ2) is 12.1. The summed E-state index contributed by atoms with van der Waals surface area (Å²) in [4.78, 5) is 31.9. The van der Waals surface area contributed by atoms with E-state index < -0.39 is 5.97 Å². The summed E-state index contributed by atoms with van der Waals surface area (Å²) in [5, 5.41) is 0.550. The van der Waals surface area contributed by atoms with E-state index in [0.29, 0.717) is 52.6 Å². The molecular formula is C25H27BrN2O5S. The minimum atomic E-state index is -0.404. The number of carbonyl (C=O) groups is 2. The third-order valence-electron chi connectivity index (χ3n) is 4.79. The Morgan fingerprint density at radius 2 is 2.00 bits per heavy atom. The van der Waals surface area contributed by atoms with Crippen LogP contribution in [0.4, 0.5) is 5.69 Å². The molecule has 0 unspecified atom stereocenters. The summed E-state index contributed by atoms with van der Waals surface area (Å²) in [6.07, 6.45) is 2.69. The first-order valence-electron chi connectivity index (χ1n) is 11.0. The van der Waals surface area contributed by atoms with Crippen molar-refractivity contribution in [2.75, 3.05) is 26.9 Å². The van der Waals surface area contributed by atoms with Gasteiger partial charge in [0.2, 0.25) is 0 Å². The molecule has 180 valence electrons. The molecular weight excluding hydrogens is 520 g/mol. The van der Waals surface area contributed by atoms with Gasteiger partial charge in [-0.15, -0.1) is 0 Å². The molecule has 0 saturated carbocycles. The maximum atomic E-state index is 13.1. The van der Waals surface area contributed by atoms with Crippen molar-refractivity contribution in [3.05, 3.63) is 56.9 Å². The van der Waals surface area contributed by atoms with Gasteiger partial charge in [-0.25, -0.2) is 9.79 Å². The molecule has 7 nitrogen and oxygen atoms in total. The molecule has 9 heteroatoms. The highest BCUT2D eigenvalue weighted by atomic mass is 79.9. The number of carbonyl (C=O) groups excluding carboxylic acids is 2. The van der Waals surface area contributed by atoms with Crippen molar-refractivity contribution in [1.29, 1.82) is 0 Å². The second-order valence-electron chi connectivity index (χ2n) is 7.21. The fourth-order valence-electron chi connectivity index (χ4n) is 3.22. The van der Waals surface area contributed by atoms with Crippen molar-refractivity contribution in [2.45, 2.75) is 27.2 Å². The normalized spacial score (nSPS) is 15.8. The molecule has 0 spiro atoms. The minimum absolute atomic E-state index is 0.130. The topological polar surface area (TPSA) is 77.4 Å². The maximum Gasteiger partial charge on any atom is 0.338 e. The number of likely N-dealkylation sites (N-methyl/N-ethyl adjacent to an activating group) is 1. The Kier molecular flexibility index (Phi) is 9.18. The Bertz CT molecular complexity index is 1130. The highest BCUT2D eigenvalue weighted by Crippen LogP contribution is 2.39. The van der Waals surface area contributed by atoms with Gasteiger partial charge in [0, 0.05) is 6.54 Å². The molecule has 0 atom stereocenters. The number of amides is 1. The van der Waals surface area contributed by atoms with Crippen molar-refractivity contribution in [2.24, 2.45) is 4.99 Å². The molecule has 1 amide bonds. The summed E-state index contributed by atoms with van der Waals surface area (Å²) in [5.41, 5.74) is 1.78. The van der Waals surface area contributed by atoms with Crippen LogP contribution >= 0.6 is 27.7 Å². The van der Waals surface area contributed by atoms with Crippen LogP contribution in [0.1, 0.15) is 43.1 Å². The summed E-state index contributed by atoms with van der Waals surface area (Å²) < 4.78 is 17.1. The SMILES string of the molecule is CCCOc1c(Br)cc(C=C2SC(=Nc3cccc(C(=O)OCC)c3)N(CC)C2=O)cc1OC. The molecule has 1 aliphatic rings. The third-order valence-corrected chi connectivity index (χ3v) is 6.38. The maximum absolute atomic E-state index is 13.1. The van der Waals surface area contributed by atoms with E-state index >= 15 is 0 Å². The first-order valence-corrected chi connectivity index (χ1v) is 12.6. The number of methoxy groups -OCH3 is 1. The molecule has 1 heterocycles. The van der Waals surface area contributed by atoms with Gasteiger partial charge in [0.25, 0.3) is 5.91 Å². The van der Waals surface area contributed by atoms with Gasteiger partial charge < -0.3 is 14.2 Å². The molecule has 0 aromatic heterocycles. The van der Waals surface area contributed by atoms with Crippen molar-refractivity contribution in [3.8, 4) is 11.5 Å². The highest BCUT2D eigenvalue weighted by molar-refractivity contribution is 9.10. The van der Waals surface area contributed by atoms with Crippen LogP contribution in [-0.2, 0) is 9.53 Å². The average molecular weight is 547 g/mol. The first-order chi connectivity index (χ1) is 16.4. The lowest BCUT2D eigenvalue weighted by atomic mass is 10.2. The van der Waals surface area contributed by atoms with Gasteiger partial charge in [0.05, 0.1) is 41.0 Å². The molecule has 2 aromatic rings. The van der Waals surface area contributed by atoms with Crippen LogP contribution in [-0.4, -0.2) is 48.8 Å². The molecule has 0 aliphatic carbocycles. The second-order valence-corrected chi connectivity index (χ2v) is 9.07. The number of rotatable bonds is 9. The quantitative estimate of drug-likeness (QED) is 0.281. The Morgan fingerprint density at radius 1 is 1.21 bits per heavy atom. The zero-order chi connectivity index (χ0) is 24.7. The number of halogens is 1. The van der Waals surface area contributed by atoms with Crippen LogP contribution < -0.4 is 9.47 Å². The van der Waals surface area contributed by atoms with E-state index in [-0.39, 0.29) is 5.91 Å². The van der Waals surface area contributed by atoms with E-state index in [2.05, 4.69) is 20.9 Å². The fraction of sp³-hybridized carbons (Fsp3) is 0.320. The Hall–Kier alpha value is -2.78. The molecule has 0 bridgehead atoms. The number of amidine groups is 1. The van der Waals surface area contributed by atoms with Gasteiger partial charge in [0.15, 0.2) is 16.7 Å². The van der Waals surface area contributed by atoms with Gasteiger partial charge >= 0.3 is 5.97 Å². The van der Waals surface area contributed by atoms with E-state index in [1.54, 1.807) is 43.2 Å². The lowest BCUT2D eigenvalue weighted by Crippen LogP contribution is -2.28. The molecule has 0 radical (unpaired) electrons. The Labute approximate surface area is 212 Å². The predicted octanol–water partition coefficient (Wildman–Crippen LogP) is 6.05. The van der Waals surface area contributed by atoms with E-state index in [1.807, 2.05) is 32.1 Å². The molecule has 2 aromatic carbocycles.